The summed E-state index contributed by atoms with van der Waals surface area (Å²) in [6, 6.07) is 13.2. The Balaban J connectivity index is 1.77. The van der Waals surface area contributed by atoms with Crippen molar-refractivity contribution in [2.45, 2.75) is 40.2 Å². The maximum absolute atomic E-state index is 13.2. The van der Waals surface area contributed by atoms with Gasteiger partial charge >= 0.3 is 5.97 Å². The third-order valence-corrected chi connectivity index (χ3v) is 6.02. The van der Waals surface area contributed by atoms with E-state index in [1.165, 1.54) is 4.57 Å². The number of aromatic nitrogens is 1. The van der Waals surface area contributed by atoms with Crippen LogP contribution in [0.4, 0.5) is 5.69 Å². The van der Waals surface area contributed by atoms with Gasteiger partial charge in [0.15, 0.2) is 0 Å². The quantitative estimate of drug-likeness (QED) is 0.399. The molecule has 0 saturated heterocycles. The van der Waals surface area contributed by atoms with E-state index in [1.54, 1.807) is 48.5 Å². The number of esters is 1. The molecule has 0 unspecified atom stereocenters. The summed E-state index contributed by atoms with van der Waals surface area (Å²) in [5.41, 5.74) is 0.490. The van der Waals surface area contributed by atoms with Gasteiger partial charge in [-0.15, -0.1) is 0 Å². The molecule has 1 heterocycles. The van der Waals surface area contributed by atoms with Crippen molar-refractivity contribution in [2.24, 2.45) is 0 Å². The van der Waals surface area contributed by atoms with Crippen LogP contribution in [0.1, 0.15) is 54.3 Å². The van der Waals surface area contributed by atoms with Crippen molar-refractivity contribution in [1.29, 1.82) is 0 Å². The number of para-hydroxylation sites is 1. The number of unbranched alkanes of at least 4 members (excludes halogenated alkanes) is 1. The lowest BCUT2D eigenvalue weighted by atomic mass is 10.1. The topological polar surface area (TPSA) is 101 Å². The van der Waals surface area contributed by atoms with E-state index in [0.717, 1.165) is 25.9 Å². The van der Waals surface area contributed by atoms with Gasteiger partial charge in [-0.2, -0.15) is 0 Å². The van der Waals surface area contributed by atoms with E-state index in [0.29, 0.717) is 41.9 Å². The molecule has 2 N–H and O–H groups in total. The number of hydrogen-bond donors (Lipinski definition) is 2. The molecule has 0 bridgehead atoms. The largest absolute Gasteiger partial charge is 0.506 e. The van der Waals surface area contributed by atoms with Crippen molar-refractivity contribution in [2.75, 3.05) is 31.6 Å². The Morgan fingerprint density at radius 1 is 1.03 bits per heavy atom. The van der Waals surface area contributed by atoms with E-state index in [-0.39, 0.29) is 11.3 Å². The van der Waals surface area contributed by atoms with Gasteiger partial charge in [0.05, 0.1) is 11.1 Å². The number of likely N-dealkylation sites (N-methyl/N-ethyl adjacent to an activating group) is 1. The van der Waals surface area contributed by atoms with Crippen molar-refractivity contribution in [3.63, 3.8) is 0 Å². The lowest BCUT2D eigenvalue weighted by Crippen LogP contribution is -2.30. The van der Waals surface area contributed by atoms with Gasteiger partial charge in [-0.05, 0) is 55.9 Å². The van der Waals surface area contributed by atoms with E-state index in [1.807, 2.05) is 6.92 Å². The first kappa shape index (κ1) is 26.0. The third-order valence-electron chi connectivity index (χ3n) is 6.02. The average Bonchev–Trinajstić information content (AvgIpc) is 2.87. The highest BCUT2D eigenvalue weighted by Crippen LogP contribution is 2.27. The molecule has 0 aliphatic carbocycles. The number of aromatic hydroxyl groups is 1. The number of benzene rings is 2. The minimum absolute atomic E-state index is 0.296. The summed E-state index contributed by atoms with van der Waals surface area (Å²) in [6.45, 7) is 9.31. The molecule has 0 aliphatic heterocycles. The SMILES string of the molecule is CCCCn1c(=O)c(C(=O)Nc2ccc(C(=O)OCCN(CC)CC)cc2)c(O)c2ccccc21. The van der Waals surface area contributed by atoms with Gasteiger partial charge in [-0.25, -0.2) is 4.79 Å². The molecule has 0 atom stereocenters. The number of anilines is 1. The number of nitrogens with zero attached hydrogens (tertiary/aromatic N) is 2. The summed E-state index contributed by atoms with van der Waals surface area (Å²) in [4.78, 5) is 40.6. The fraction of sp³-hybridized carbons (Fsp3) is 0.370. The van der Waals surface area contributed by atoms with Crippen molar-refractivity contribution >= 4 is 28.5 Å². The second-order valence-electron chi connectivity index (χ2n) is 8.25. The van der Waals surface area contributed by atoms with Crippen LogP contribution in [0.3, 0.4) is 0 Å². The molecule has 0 saturated carbocycles. The average molecular weight is 480 g/mol. The van der Waals surface area contributed by atoms with Gasteiger partial charge in [-0.3, -0.25) is 9.59 Å². The smallest absolute Gasteiger partial charge is 0.338 e. The zero-order valence-corrected chi connectivity index (χ0v) is 20.5. The number of carbonyl (C=O) groups is 2. The second-order valence-corrected chi connectivity index (χ2v) is 8.25. The second kappa shape index (κ2) is 12.2. The number of rotatable bonds is 11. The number of fused-ring (bicyclic) bond motifs is 1. The summed E-state index contributed by atoms with van der Waals surface area (Å²) < 4.78 is 6.86. The highest BCUT2D eigenvalue weighted by molar-refractivity contribution is 6.09. The maximum Gasteiger partial charge on any atom is 0.338 e. The van der Waals surface area contributed by atoms with Gasteiger partial charge in [0.2, 0.25) is 0 Å². The molecule has 1 aromatic heterocycles. The molecule has 3 rings (SSSR count). The number of carbonyl (C=O) groups excluding carboxylic acids is 2. The molecule has 0 fully saturated rings. The Kier molecular flexibility index (Phi) is 9.03. The van der Waals surface area contributed by atoms with Crippen LogP contribution < -0.4 is 10.9 Å². The van der Waals surface area contributed by atoms with Crippen LogP contribution in [0.25, 0.3) is 10.9 Å². The first-order valence-corrected chi connectivity index (χ1v) is 12.1. The lowest BCUT2D eigenvalue weighted by molar-refractivity contribution is 0.0466. The van der Waals surface area contributed by atoms with Gasteiger partial charge in [0.25, 0.3) is 11.5 Å². The van der Waals surface area contributed by atoms with Crippen molar-refractivity contribution in [3.05, 3.63) is 70.0 Å². The molecule has 0 aliphatic rings. The van der Waals surface area contributed by atoms with Crippen LogP contribution in [0, 0.1) is 0 Å². The van der Waals surface area contributed by atoms with E-state index in [4.69, 9.17) is 4.74 Å². The molecule has 1 amide bonds. The zero-order valence-electron chi connectivity index (χ0n) is 20.5. The highest BCUT2D eigenvalue weighted by Gasteiger charge is 2.22. The summed E-state index contributed by atoms with van der Waals surface area (Å²) in [5.74, 6) is -1.50. The van der Waals surface area contributed by atoms with Crippen molar-refractivity contribution in [1.82, 2.24) is 9.47 Å². The first-order chi connectivity index (χ1) is 16.9. The van der Waals surface area contributed by atoms with Crippen molar-refractivity contribution in [3.8, 4) is 5.75 Å². The molecular weight excluding hydrogens is 446 g/mol. The van der Waals surface area contributed by atoms with Gasteiger partial charge in [-0.1, -0.05) is 39.3 Å². The fourth-order valence-electron chi connectivity index (χ4n) is 3.91. The Bertz CT molecular complexity index is 1230. The maximum atomic E-state index is 13.2. The number of hydrogen-bond acceptors (Lipinski definition) is 6. The van der Waals surface area contributed by atoms with Gasteiger partial charge < -0.3 is 24.6 Å². The first-order valence-electron chi connectivity index (χ1n) is 12.1. The van der Waals surface area contributed by atoms with Crippen LogP contribution in [-0.2, 0) is 11.3 Å². The van der Waals surface area contributed by atoms with Crippen LogP contribution >= 0.6 is 0 Å². The number of ether oxygens (including phenoxy) is 1. The third kappa shape index (κ3) is 6.08. The normalized spacial score (nSPS) is 11.1. The Labute approximate surface area is 205 Å². The molecule has 35 heavy (non-hydrogen) atoms. The molecule has 8 nitrogen and oxygen atoms in total. The minimum Gasteiger partial charge on any atom is -0.506 e. The summed E-state index contributed by atoms with van der Waals surface area (Å²) in [6.07, 6.45) is 1.65. The fourth-order valence-corrected chi connectivity index (χ4v) is 3.91. The summed E-state index contributed by atoms with van der Waals surface area (Å²) >= 11 is 0. The molecule has 3 aromatic rings. The van der Waals surface area contributed by atoms with Crippen LogP contribution in [0.5, 0.6) is 5.75 Å². The zero-order chi connectivity index (χ0) is 25.4. The van der Waals surface area contributed by atoms with E-state index >= 15 is 0 Å². The summed E-state index contributed by atoms with van der Waals surface area (Å²) in [5, 5.41) is 13.9. The van der Waals surface area contributed by atoms with Crippen LogP contribution in [0.2, 0.25) is 0 Å². The molecule has 186 valence electrons. The van der Waals surface area contributed by atoms with E-state index < -0.39 is 17.4 Å². The van der Waals surface area contributed by atoms with Gasteiger partial charge in [0.1, 0.15) is 17.9 Å². The monoisotopic (exact) mass is 479 g/mol. The molecule has 0 spiro atoms. The minimum atomic E-state index is -0.710. The van der Waals surface area contributed by atoms with E-state index in [2.05, 4.69) is 24.1 Å². The number of nitrogens with one attached hydrogen (secondary N) is 1. The lowest BCUT2D eigenvalue weighted by Gasteiger charge is -2.17. The summed E-state index contributed by atoms with van der Waals surface area (Å²) in [7, 11) is 0. The number of pyridine rings is 1. The Hall–Kier alpha value is -3.65. The van der Waals surface area contributed by atoms with Crippen molar-refractivity contribution < 1.29 is 19.4 Å². The number of aryl methyl sites for hydroxylation is 1. The van der Waals surface area contributed by atoms with Gasteiger partial charge in [0, 0.05) is 24.2 Å². The van der Waals surface area contributed by atoms with Crippen LogP contribution in [-0.4, -0.2) is 52.7 Å². The standard InChI is InChI=1S/C27H33N3O5/c1-4-7-16-30-22-11-9-8-10-21(22)24(31)23(26(30)33)25(32)28-20-14-12-19(13-15-20)27(34)35-18-17-29(5-2)6-3/h8-15,31H,4-7,16-18H2,1-3H3,(H,28,32). The van der Waals surface area contributed by atoms with Crippen LogP contribution in [0.15, 0.2) is 53.3 Å². The number of amides is 1. The van der Waals surface area contributed by atoms with E-state index in [9.17, 15) is 19.5 Å². The predicted molar refractivity (Wildman–Crippen MR) is 137 cm³/mol. The Morgan fingerprint density at radius 3 is 2.37 bits per heavy atom. The molecule has 0 radical (unpaired) electrons. The molecule has 2 aromatic carbocycles. The predicted octanol–water partition coefficient (Wildman–Crippen LogP) is 4.26. The highest BCUT2D eigenvalue weighted by atomic mass is 16.5. The Morgan fingerprint density at radius 2 is 1.71 bits per heavy atom. The molecule has 8 heteroatoms. The molecular formula is C27H33N3O5.